The van der Waals surface area contributed by atoms with E-state index in [4.69, 9.17) is 19.6 Å². The van der Waals surface area contributed by atoms with Crippen molar-refractivity contribution in [3.8, 4) is 17.0 Å². The zero-order valence-electron chi connectivity index (χ0n) is 19.8. The third-order valence-electron chi connectivity index (χ3n) is 6.85. The summed E-state index contributed by atoms with van der Waals surface area (Å²) in [5.41, 5.74) is 2.62. The lowest BCUT2D eigenvalue weighted by atomic mass is 10.1. The predicted molar refractivity (Wildman–Crippen MR) is 133 cm³/mol. The van der Waals surface area contributed by atoms with Gasteiger partial charge in [0.15, 0.2) is 11.9 Å². The van der Waals surface area contributed by atoms with Crippen molar-refractivity contribution in [1.82, 2.24) is 24.5 Å². The molecule has 3 unspecified atom stereocenters. The third-order valence-corrected chi connectivity index (χ3v) is 6.85. The number of aromatic nitrogens is 5. The molecule has 1 aliphatic heterocycles. The molecule has 182 valence electrons. The molecule has 2 aliphatic rings. The average Bonchev–Trinajstić information content (AvgIpc) is 3.60. The molecule has 1 saturated carbocycles. The number of rotatable bonds is 6. The summed E-state index contributed by atoms with van der Waals surface area (Å²) in [4.78, 5) is 4.82. The van der Waals surface area contributed by atoms with E-state index in [2.05, 4.69) is 22.5 Å². The topological polar surface area (TPSA) is 99.2 Å². The van der Waals surface area contributed by atoms with Crippen molar-refractivity contribution in [2.75, 3.05) is 11.9 Å². The van der Waals surface area contributed by atoms with Gasteiger partial charge >= 0.3 is 0 Å². The van der Waals surface area contributed by atoms with Gasteiger partial charge in [-0.25, -0.2) is 9.67 Å². The summed E-state index contributed by atoms with van der Waals surface area (Å²) in [7, 11) is 1.86. The molecular formula is C26H30N6O3. The first-order chi connectivity index (χ1) is 17.2. The zero-order valence-corrected chi connectivity index (χ0v) is 19.8. The molecule has 2 N–H and O–H groups in total. The molecule has 0 bridgehead atoms. The van der Waals surface area contributed by atoms with E-state index in [9.17, 15) is 5.11 Å². The molecule has 35 heavy (non-hydrogen) atoms. The lowest BCUT2D eigenvalue weighted by Crippen LogP contribution is -2.25. The van der Waals surface area contributed by atoms with Crippen LogP contribution in [0.3, 0.4) is 0 Å². The summed E-state index contributed by atoms with van der Waals surface area (Å²) in [6.07, 6.45) is 6.59. The minimum atomic E-state index is -0.454. The first kappa shape index (κ1) is 22.1. The van der Waals surface area contributed by atoms with Crippen LogP contribution in [0.15, 0.2) is 48.7 Å². The Hall–Kier alpha value is -3.43. The number of nitrogens with zero attached hydrogens (tertiary/aromatic N) is 5. The van der Waals surface area contributed by atoms with E-state index in [-0.39, 0.29) is 12.3 Å². The maximum absolute atomic E-state index is 10.3. The van der Waals surface area contributed by atoms with E-state index in [1.54, 1.807) is 10.9 Å². The Kier molecular flexibility index (Phi) is 5.87. The van der Waals surface area contributed by atoms with Gasteiger partial charge in [0.2, 0.25) is 0 Å². The van der Waals surface area contributed by atoms with Gasteiger partial charge in [-0.2, -0.15) is 10.2 Å². The van der Waals surface area contributed by atoms with Crippen LogP contribution in [0.25, 0.3) is 22.3 Å². The largest absolute Gasteiger partial charge is 0.487 e. The van der Waals surface area contributed by atoms with Crippen LogP contribution in [-0.4, -0.2) is 48.5 Å². The van der Waals surface area contributed by atoms with Crippen LogP contribution in [0.2, 0.25) is 0 Å². The van der Waals surface area contributed by atoms with Crippen LogP contribution in [0.4, 0.5) is 11.6 Å². The van der Waals surface area contributed by atoms with Crippen molar-refractivity contribution in [2.45, 2.75) is 57.0 Å². The number of ether oxygens (including phenoxy) is 2. The fraction of sp³-hybridized carbons (Fsp3) is 0.423. The van der Waals surface area contributed by atoms with E-state index in [1.807, 2.05) is 42.1 Å². The number of hydrogen-bond donors (Lipinski definition) is 2. The normalized spacial score (nSPS) is 22.5. The second kappa shape index (κ2) is 9.31. The molecule has 0 spiro atoms. The lowest BCUT2D eigenvalue weighted by molar-refractivity contribution is -0.0379. The number of pyridine rings is 1. The highest BCUT2D eigenvalue weighted by atomic mass is 16.5. The van der Waals surface area contributed by atoms with Gasteiger partial charge in [0, 0.05) is 31.4 Å². The second-order valence-corrected chi connectivity index (χ2v) is 9.34. The van der Waals surface area contributed by atoms with Gasteiger partial charge in [-0.3, -0.25) is 4.68 Å². The molecule has 3 atom stereocenters. The summed E-state index contributed by atoms with van der Waals surface area (Å²) >= 11 is 0. The van der Waals surface area contributed by atoms with Crippen molar-refractivity contribution in [3.05, 3.63) is 48.7 Å². The van der Waals surface area contributed by atoms with Gasteiger partial charge in [-0.05, 0) is 38.5 Å². The maximum atomic E-state index is 10.3. The van der Waals surface area contributed by atoms with Gasteiger partial charge in [-0.1, -0.05) is 30.3 Å². The molecule has 1 aromatic carbocycles. The Balaban J connectivity index is 1.38. The van der Waals surface area contributed by atoms with Crippen molar-refractivity contribution in [2.24, 2.45) is 7.05 Å². The van der Waals surface area contributed by atoms with Crippen LogP contribution in [0, 0.1) is 0 Å². The number of hydrogen-bond acceptors (Lipinski definition) is 7. The predicted octanol–water partition coefficient (Wildman–Crippen LogP) is 4.57. The van der Waals surface area contributed by atoms with Crippen molar-refractivity contribution in [3.63, 3.8) is 0 Å². The van der Waals surface area contributed by atoms with Crippen LogP contribution < -0.4 is 10.1 Å². The van der Waals surface area contributed by atoms with E-state index in [1.165, 1.54) is 0 Å². The first-order valence-electron chi connectivity index (χ1n) is 12.4. The smallest absolute Gasteiger partial charge is 0.163 e. The van der Waals surface area contributed by atoms with Crippen molar-refractivity contribution in [1.29, 1.82) is 0 Å². The highest BCUT2D eigenvalue weighted by Gasteiger charge is 2.28. The Morgan fingerprint density at radius 1 is 1.09 bits per heavy atom. The molecule has 3 aromatic heterocycles. The molecule has 0 radical (unpaired) electrons. The van der Waals surface area contributed by atoms with Crippen LogP contribution in [0.1, 0.15) is 44.8 Å². The molecule has 6 rings (SSSR count). The highest BCUT2D eigenvalue weighted by molar-refractivity contribution is 5.84. The summed E-state index contributed by atoms with van der Waals surface area (Å²) in [6, 6.07) is 14.0. The van der Waals surface area contributed by atoms with E-state index in [0.717, 1.165) is 67.6 Å². The van der Waals surface area contributed by atoms with Crippen molar-refractivity contribution < 1.29 is 14.6 Å². The van der Waals surface area contributed by atoms with Crippen LogP contribution in [0.5, 0.6) is 5.75 Å². The van der Waals surface area contributed by atoms with Gasteiger partial charge < -0.3 is 19.9 Å². The van der Waals surface area contributed by atoms with Gasteiger partial charge in [0.1, 0.15) is 23.5 Å². The second-order valence-electron chi connectivity index (χ2n) is 9.34. The Labute approximate surface area is 203 Å². The van der Waals surface area contributed by atoms with Gasteiger partial charge in [0.25, 0.3) is 0 Å². The summed E-state index contributed by atoms with van der Waals surface area (Å²) in [5.74, 6) is 2.09. The Bertz CT molecular complexity index is 1310. The van der Waals surface area contributed by atoms with Gasteiger partial charge in [-0.15, -0.1) is 0 Å². The van der Waals surface area contributed by atoms with Crippen LogP contribution in [-0.2, 0) is 11.8 Å². The SMILES string of the molecule is Cn1ncc2c(OC3CCCC3O)cc(Nc3cc(-c4ccccc4)nn3C3CCCCO3)nc21. The quantitative estimate of drug-likeness (QED) is 0.422. The number of aliphatic hydroxyl groups excluding tert-OH is 1. The van der Waals surface area contributed by atoms with Gasteiger partial charge in [0.05, 0.1) is 23.4 Å². The molecular weight excluding hydrogens is 444 g/mol. The molecule has 4 heterocycles. The standard InChI is InChI=1S/C26H30N6O3/c1-31-26-18(16-27-31)22(35-21-11-7-10-20(21)33)15-23(29-26)28-24-14-19(17-8-3-2-4-9-17)30-32(24)25-12-5-6-13-34-25/h2-4,8-9,14-16,20-21,25,33H,5-7,10-13H2,1H3,(H,28,29). The molecule has 9 nitrogen and oxygen atoms in total. The fourth-order valence-electron chi connectivity index (χ4n) is 4.96. The fourth-order valence-corrected chi connectivity index (χ4v) is 4.96. The van der Waals surface area contributed by atoms with Crippen molar-refractivity contribution >= 4 is 22.7 Å². The number of aliphatic hydroxyl groups is 1. The van der Waals surface area contributed by atoms with E-state index < -0.39 is 6.10 Å². The Morgan fingerprint density at radius 3 is 2.74 bits per heavy atom. The maximum Gasteiger partial charge on any atom is 0.163 e. The number of fused-ring (bicyclic) bond motifs is 1. The highest BCUT2D eigenvalue weighted by Crippen LogP contribution is 2.35. The summed E-state index contributed by atoms with van der Waals surface area (Å²) in [6.45, 7) is 0.728. The van der Waals surface area contributed by atoms with Crippen LogP contribution >= 0.6 is 0 Å². The molecule has 0 amide bonds. The minimum Gasteiger partial charge on any atom is -0.487 e. The molecule has 1 aliphatic carbocycles. The monoisotopic (exact) mass is 474 g/mol. The number of aryl methyl sites for hydroxylation is 1. The van der Waals surface area contributed by atoms with E-state index >= 15 is 0 Å². The molecule has 1 saturated heterocycles. The number of nitrogens with one attached hydrogen (secondary N) is 1. The van der Waals surface area contributed by atoms with E-state index in [0.29, 0.717) is 17.2 Å². The minimum absolute atomic E-state index is 0.131. The third kappa shape index (κ3) is 4.37. The molecule has 2 fully saturated rings. The number of benzene rings is 1. The summed E-state index contributed by atoms with van der Waals surface area (Å²) < 4.78 is 16.0. The lowest BCUT2D eigenvalue weighted by Gasteiger charge is -2.24. The summed E-state index contributed by atoms with van der Waals surface area (Å²) in [5, 5.41) is 23.9. The first-order valence-corrected chi connectivity index (χ1v) is 12.4. The number of anilines is 2. The molecule has 4 aromatic rings. The zero-order chi connectivity index (χ0) is 23.8. The Morgan fingerprint density at radius 2 is 1.97 bits per heavy atom. The average molecular weight is 475 g/mol. The molecule has 9 heteroatoms.